The Balaban J connectivity index is 2.18. The first-order valence-electron chi connectivity index (χ1n) is 7.11. The number of esters is 1. The van der Waals surface area contributed by atoms with E-state index in [0.29, 0.717) is 6.42 Å². The molecule has 0 amide bonds. The van der Waals surface area contributed by atoms with Gasteiger partial charge in [-0.25, -0.2) is 0 Å². The third kappa shape index (κ3) is 6.93. The molecule has 0 fully saturated rings. The van der Waals surface area contributed by atoms with Crippen LogP contribution in [0.25, 0.3) is 0 Å². The quantitative estimate of drug-likeness (QED) is 0.308. The van der Waals surface area contributed by atoms with Gasteiger partial charge >= 0.3 is 5.97 Å². The smallest absolute Gasteiger partial charge is 0.315 e. The van der Waals surface area contributed by atoms with E-state index in [1.165, 1.54) is 17.4 Å². The first-order chi connectivity index (χ1) is 9.59. The molecule has 0 N–H and O–H groups in total. The number of benzene rings is 1. The van der Waals surface area contributed by atoms with E-state index >= 15 is 0 Å². The highest BCUT2D eigenvalue weighted by atomic mass is 16.5. The normalized spacial score (nSPS) is 10.6. The summed E-state index contributed by atoms with van der Waals surface area (Å²) in [6.45, 7) is 6.44. The second kappa shape index (κ2) is 9.13. The largest absolute Gasteiger partial charge is 0.435 e. The Bertz CT molecular complexity index is 465. The molecule has 0 bridgehead atoms. The van der Waals surface area contributed by atoms with Crippen LogP contribution in [0, 0.1) is 0 Å². The van der Waals surface area contributed by atoms with Crippen LogP contribution in [0.3, 0.4) is 0 Å². The molecule has 0 saturated carbocycles. The van der Waals surface area contributed by atoms with Gasteiger partial charge in [0.15, 0.2) is 0 Å². The van der Waals surface area contributed by atoms with Crippen LogP contribution in [0.5, 0.6) is 0 Å². The summed E-state index contributed by atoms with van der Waals surface area (Å²) >= 11 is 0. The molecule has 0 atom stereocenters. The summed E-state index contributed by atoms with van der Waals surface area (Å²) in [6, 6.07) is 9.62. The van der Waals surface area contributed by atoms with Crippen LogP contribution < -0.4 is 0 Å². The van der Waals surface area contributed by atoms with Gasteiger partial charge in [-0.05, 0) is 51.7 Å². The first-order valence-corrected chi connectivity index (χ1v) is 7.11. The fraction of sp³-hybridized carbons (Fsp3) is 0.389. The SMILES string of the molecule is CC(C)=C(C)CCC/C=C/OC(=O)Cc1ccccc1. The minimum atomic E-state index is -0.215. The number of unbranched alkanes of at least 4 members (excludes halogenated alkanes) is 1. The van der Waals surface area contributed by atoms with Gasteiger partial charge in [0, 0.05) is 0 Å². The molecule has 0 spiro atoms. The highest BCUT2D eigenvalue weighted by Gasteiger charge is 2.01. The summed E-state index contributed by atoms with van der Waals surface area (Å²) in [6.07, 6.45) is 6.88. The fourth-order valence-corrected chi connectivity index (χ4v) is 1.73. The molecule has 0 radical (unpaired) electrons. The second-order valence-electron chi connectivity index (χ2n) is 5.20. The van der Waals surface area contributed by atoms with Gasteiger partial charge in [-0.1, -0.05) is 41.5 Å². The van der Waals surface area contributed by atoms with Crippen molar-refractivity contribution in [3.8, 4) is 0 Å². The van der Waals surface area contributed by atoms with E-state index in [0.717, 1.165) is 24.8 Å². The number of rotatable bonds is 7. The van der Waals surface area contributed by atoms with Gasteiger partial charge in [0.25, 0.3) is 0 Å². The van der Waals surface area contributed by atoms with E-state index in [9.17, 15) is 4.79 Å². The Morgan fingerprint density at radius 2 is 1.85 bits per heavy atom. The number of hydrogen-bond acceptors (Lipinski definition) is 2. The Hall–Kier alpha value is -1.83. The average Bonchev–Trinajstić information content (AvgIpc) is 2.43. The topological polar surface area (TPSA) is 26.3 Å². The van der Waals surface area contributed by atoms with Crippen molar-refractivity contribution in [1.82, 2.24) is 0 Å². The Kier molecular flexibility index (Phi) is 7.41. The van der Waals surface area contributed by atoms with E-state index < -0.39 is 0 Å². The lowest BCUT2D eigenvalue weighted by Crippen LogP contribution is -2.03. The minimum Gasteiger partial charge on any atom is -0.435 e. The predicted molar refractivity (Wildman–Crippen MR) is 83.3 cm³/mol. The zero-order valence-corrected chi connectivity index (χ0v) is 12.7. The van der Waals surface area contributed by atoms with E-state index in [1.54, 1.807) is 0 Å². The zero-order valence-electron chi connectivity index (χ0n) is 12.7. The number of allylic oxidation sites excluding steroid dienone is 3. The lowest BCUT2D eigenvalue weighted by Gasteiger charge is -2.02. The molecule has 0 aliphatic carbocycles. The molecule has 2 heteroatoms. The van der Waals surface area contributed by atoms with Crippen LogP contribution in [0.4, 0.5) is 0 Å². The molecule has 1 aromatic carbocycles. The van der Waals surface area contributed by atoms with Crippen molar-refractivity contribution in [2.75, 3.05) is 0 Å². The summed E-state index contributed by atoms with van der Waals surface area (Å²) in [5.74, 6) is -0.215. The maximum Gasteiger partial charge on any atom is 0.315 e. The Labute approximate surface area is 122 Å². The molecule has 1 rings (SSSR count). The molecule has 20 heavy (non-hydrogen) atoms. The van der Waals surface area contributed by atoms with Crippen LogP contribution >= 0.6 is 0 Å². The lowest BCUT2D eigenvalue weighted by atomic mass is 10.1. The standard InChI is InChI=1S/C18H24O2/c1-15(2)16(3)10-6-5-9-13-20-18(19)14-17-11-7-4-8-12-17/h4,7-9,11-13H,5-6,10,14H2,1-3H3/b13-9+. The van der Waals surface area contributed by atoms with E-state index in [4.69, 9.17) is 4.74 Å². The van der Waals surface area contributed by atoms with Gasteiger partial charge < -0.3 is 4.74 Å². The molecule has 0 saturated heterocycles. The number of ether oxygens (including phenoxy) is 1. The third-order valence-electron chi connectivity index (χ3n) is 3.26. The van der Waals surface area contributed by atoms with Crippen molar-refractivity contribution >= 4 is 5.97 Å². The molecule has 0 heterocycles. The molecule has 108 valence electrons. The van der Waals surface area contributed by atoms with Crippen LogP contribution in [0.1, 0.15) is 45.6 Å². The zero-order chi connectivity index (χ0) is 14.8. The van der Waals surface area contributed by atoms with Crippen molar-refractivity contribution in [2.24, 2.45) is 0 Å². The highest BCUT2D eigenvalue weighted by molar-refractivity contribution is 5.73. The van der Waals surface area contributed by atoms with Gasteiger partial charge in [-0.15, -0.1) is 0 Å². The molecule has 0 aliphatic rings. The van der Waals surface area contributed by atoms with Gasteiger partial charge in [-0.2, -0.15) is 0 Å². The van der Waals surface area contributed by atoms with E-state index in [-0.39, 0.29) is 5.97 Å². The third-order valence-corrected chi connectivity index (χ3v) is 3.26. The maximum atomic E-state index is 11.6. The summed E-state index contributed by atoms with van der Waals surface area (Å²) < 4.78 is 5.07. The lowest BCUT2D eigenvalue weighted by molar-refractivity contribution is -0.137. The van der Waals surface area contributed by atoms with Crippen LogP contribution in [0.2, 0.25) is 0 Å². The second-order valence-corrected chi connectivity index (χ2v) is 5.20. The summed E-state index contributed by atoms with van der Waals surface area (Å²) in [7, 11) is 0. The Morgan fingerprint density at radius 3 is 2.50 bits per heavy atom. The van der Waals surface area contributed by atoms with Crippen molar-refractivity contribution in [2.45, 2.75) is 46.5 Å². The van der Waals surface area contributed by atoms with Gasteiger partial charge in [0.05, 0.1) is 12.7 Å². The molecule has 0 unspecified atom stereocenters. The fourth-order valence-electron chi connectivity index (χ4n) is 1.73. The van der Waals surface area contributed by atoms with Crippen molar-refractivity contribution < 1.29 is 9.53 Å². The van der Waals surface area contributed by atoms with Crippen LogP contribution in [-0.4, -0.2) is 5.97 Å². The molecule has 0 aromatic heterocycles. The van der Waals surface area contributed by atoms with Crippen LogP contribution in [-0.2, 0) is 16.0 Å². The monoisotopic (exact) mass is 272 g/mol. The van der Waals surface area contributed by atoms with Crippen LogP contribution in [0.15, 0.2) is 53.8 Å². The predicted octanol–water partition coefficient (Wildman–Crippen LogP) is 4.81. The van der Waals surface area contributed by atoms with E-state index in [1.807, 2.05) is 36.4 Å². The molecular weight excluding hydrogens is 248 g/mol. The van der Waals surface area contributed by atoms with Gasteiger partial charge in [0.2, 0.25) is 0 Å². The molecule has 2 nitrogen and oxygen atoms in total. The molecular formula is C18H24O2. The highest BCUT2D eigenvalue weighted by Crippen LogP contribution is 2.11. The summed E-state index contributed by atoms with van der Waals surface area (Å²) in [5.41, 5.74) is 3.81. The van der Waals surface area contributed by atoms with Crippen molar-refractivity contribution in [3.63, 3.8) is 0 Å². The number of carbonyl (C=O) groups excluding carboxylic acids is 1. The van der Waals surface area contributed by atoms with Crippen molar-refractivity contribution in [1.29, 1.82) is 0 Å². The van der Waals surface area contributed by atoms with Crippen molar-refractivity contribution in [3.05, 3.63) is 59.4 Å². The summed E-state index contributed by atoms with van der Waals surface area (Å²) in [5, 5.41) is 0. The molecule has 1 aromatic rings. The number of carbonyl (C=O) groups is 1. The first kappa shape index (κ1) is 16.2. The average molecular weight is 272 g/mol. The number of hydrogen-bond donors (Lipinski definition) is 0. The van der Waals surface area contributed by atoms with E-state index in [2.05, 4.69) is 20.8 Å². The minimum absolute atomic E-state index is 0.215. The van der Waals surface area contributed by atoms with Gasteiger partial charge in [-0.3, -0.25) is 4.79 Å². The van der Waals surface area contributed by atoms with Gasteiger partial charge in [0.1, 0.15) is 0 Å². The Morgan fingerprint density at radius 1 is 1.15 bits per heavy atom. The molecule has 0 aliphatic heterocycles. The summed E-state index contributed by atoms with van der Waals surface area (Å²) in [4.78, 5) is 11.6. The maximum absolute atomic E-state index is 11.6.